The van der Waals surface area contributed by atoms with Gasteiger partial charge >= 0.3 is 0 Å². The molecule has 2 heterocycles. The molecule has 4 aromatic rings. The highest BCUT2D eigenvalue weighted by atomic mass is 16.5. The zero-order valence-electron chi connectivity index (χ0n) is 20.5. The number of nitrogens with zero attached hydrogens (tertiary/aromatic N) is 2. The van der Waals surface area contributed by atoms with Crippen LogP contribution in [0.25, 0.3) is 16.7 Å². The molecule has 0 radical (unpaired) electrons. The van der Waals surface area contributed by atoms with Crippen molar-refractivity contribution in [2.45, 2.75) is 32.7 Å². The molecule has 3 aromatic carbocycles. The van der Waals surface area contributed by atoms with Crippen LogP contribution in [0.3, 0.4) is 0 Å². The molecule has 7 nitrogen and oxygen atoms in total. The van der Waals surface area contributed by atoms with Gasteiger partial charge in [-0.15, -0.1) is 0 Å². The smallest absolute Gasteiger partial charge is 0.180 e. The summed E-state index contributed by atoms with van der Waals surface area (Å²) < 4.78 is 18.6. The molecule has 0 saturated heterocycles. The summed E-state index contributed by atoms with van der Waals surface area (Å²) >= 11 is 0. The maximum atomic E-state index is 7.81. The van der Waals surface area contributed by atoms with Gasteiger partial charge in [0, 0.05) is 42.3 Å². The number of aromatic nitrogens is 2. The Hall–Kier alpha value is -4.00. The standard InChI is InChI=1S/C28H30N4O3/c1-17-19(15-30-21-8-10-23-20(12-28(29)34-4)16-35-27(23)13-21)6-5-7-25(17)32-18(2)31-24-11-9-22(33-3)14-26(24)32/h5-11,13-14,20,29-30H,12,15-16H2,1-4H3. The molecule has 1 aliphatic heterocycles. The molecule has 1 unspecified atom stereocenters. The summed E-state index contributed by atoms with van der Waals surface area (Å²) in [5, 5.41) is 11.4. The molecule has 0 aliphatic carbocycles. The van der Waals surface area contributed by atoms with Gasteiger partial charge in [-0.2, -0.15) is 0 Å². The lowest BCUT2D eigenvalue weighted by Crippen LogP contribution is -2.09. The number of anilines is 1. The van der Waals surface area contributed by atoms with Gasteiger partial charge in [0.05, 0.1) is 37.5 Å². The molecule has 0 amide bonds. The van der Waals surface area contributed by atoms with Gasteiger partial charge < -0.3 is 19.5 Å². The van der Waals surface area contributed by atoms with Crippen LogP contribution in [0.5, 0.6) is 11.5 Å². The highest BCUT2D eigenvalue weighted by molar-refractivity contribution is 5.80. The van der Waals surface area contributed by atoms with Crippen LogP contribution in [0.4, 0.5) is 5.69 Å². The third-order valence-electron chi connectivity index (χ3n) is 6.74. The molecule has 0 spiro atoms. The van der Waals surface area contributed by atoms with E-state index in [0.717, 1.165) is 45.3 Å². The number of fused-ring (bicyclic) bond motifs is 2. The number of imidazole rings is 1. The summed E-state index contributed by atoms with van der Waals surface area (Å²) in [5.41, 5.74) is 7.63. The Morgan fingerprint density at radius 2 is 2.00 bits per heavy atom. The molecule has 2 N–H and O–H groups in total. The molecule has 180 valence electrons. The zero-order valence-corrected chi connectivity index (χ0v) is 20.5. The Kier molecular flexibility index (Phi) is 6.07. The van der Waals surface area contributed by atoms with Crippen molar-refractivity contribution >= 4 is 22.6 Å². The van der Waals surface area contributed by atoms with Crippen LogP contribution in [-0.4, -0.2) is 36.3 Å². The van der Waals surface area contributed by atoms with E-state index in [-0.39, 0.29) is 11.8 Å². The zero-order chi connectivity index (χ0) is 24.5. The second-order valence-corrected chi connectivity index (χ2v) is 8.86. The first kappa shape index (κ1) is 22.8. The van der Waals surface area contributed by atoms with Gasteiger partial charge in [0.2, 0.25) is 0 Å². The van der Waals surface area contributed by atoms with Crippen molar-refractivity contribution in [2.24, 2.45) is 0 Å². The molecule has 5 rings (SSSR count). The number of aryl methyl sites for hydroxylation is 1. The maximum Gasteiger partial charge on any atom is 0.180 e. The molecule has 35 heavy (non-hydrogen) atoms. The Bertz CT molecular complexity index is 1410. The minimum atomic E-state index is 0.164. The van der Waals surface area contributed by atoms with Crippen molar-refractivity contribution in [2.75, 3.05) is 26.1 Å². The number of nitrogens with one attached hydrogen (secondary N) is 2. The van der Waals surface area contributed by atoms with Crippen molar-refractivity contribution in [3.8, 4) is 17.2 Å². The van der Waals surface area contributed by atoms with E-state index in [1.54, 1.807) is 7.11 Å². The second-order valence-electron chi connectivity index (χ2n) is 8.86. The van der Waals surface area contributed by atoms with Gasteiger partial charge in [0.1, 0.15) is 17.3 Å². The predicted octanol–water partition coefficient (Wildman–Crippen LogP) is 5.75. The third-order valence-corrected chi connectivity index (χ3v) is 6.74. The number of ether oxygens (including phenoxy) is 3. The average Bonchev–Trinajstić information content (AvgIpc) is 3.42. The summed E-state index contributed by atoms with van der Waals surface area (Å²) in [4.78, 5) is 4.75. The largest absolute Gasteiger partial charge is 0.497 e. The van der Waals surface area contributed by atoms with Crippen molar-refractivity contribution in [1.29, 1.82) is 5.41 Å². The molecule has 0 bridgehead atoms. The van der Waals surface area contributed by atoms with Crippen LogP contribution in [0.1, 0.15) is 34.9 Å². The molecule has 7 heteroatoms. The Labute approximate surface area is 205 Å². The lowest BCUT2D eigenvalue weighted by Gasteiger charge is -2.16. The van der Waals surface area contributed by atoms with E-state index >= 15 is 0 Å². The fourth-order valence-electron chi connectivity index (χ4n) is 4.77. The van der Waals surface area contributed by atoms with Crippen molar-refractivity contribution in [3.63, 3.8) is 0 Å². The van der Waals surface area contributed by atoms with Gasteiger partial charge in [-0.1, -0.05) is 18.2 Å². The highest BCUT2D eigenvalue weighted by Gasteiger charge is 2.26. The van der Waals surface area contributed by atoms with Gasteiger partial charge in [0.25, 0.3) is 0 Å². The van der Waals surface area contributed by atoms with Crippen LogP contribution in [-0.2, 0) is 11.3 Å². The molecular formula is C28H30N4O3. The molecule has 0 fully saturated rings. The van der Waals surface area contributed by atoms with E-state index in [4.69, 9.17) is 24.6 Å². The number of rotatable bonds is 7. The Morgan fingerprint density at radius 1 is 1.14 bits per heavy atom. The summed E-state index contributed by atoms with van der Waals surface area (Å²) in [6.45, 7) is 5.45. The Balaban J connectivity index is 1.38. The van der Waals surface area contributed by atoms with Crippen LogP contribution in [0, 0.1) is 19.3 Å². The molecule has 1 aliphatic rings. The molecule has 1 aromatic heterocycles. The summed E-state index contributed by atoms with van der Waals surface area (Å²) in [5.74, 6) is 3.08. The molecule has 1 atom stereocenters. The monoisotopic (exact) mass is 470 g/mol. The molecular weight excluding hydrogens is 440 g/mol. The third kappa shape index (κ3) is 4.30. The highest BCUT2D eigenvalue weighted by Crippen LogP contribution is 2.38. The first-order valence-electron chi connectivity index (χ1n) is 11.7. The van der Waals surface area contributed by atoms with Crippen LogP contribution < -0.4 is 14.8 Å². The topological polar surface area (TPSA) is 81.4 Å². The summed E-state index contributed by atoms with van der Waals surface area (Å²) in [6, 6.07) is 18.6. The fourth-order valence-corrected chi connectivity index (χ4v) is 4.77. The minimum Gasteiger partial charge on any atom is -0.497 e. The lowest BCUT2D eigenvalue weighted by atomic mass is 9.97. The van der Waals surface area contributed by atoms with Gasteiger partial charge in [-0.05, 0) is 49.2 Å². The van der Waals surface area contributed by atoms with E-state index < -0.39 is 0 Å². The number of hydrogen-bond acceptors (Lipinski definition) is 6. The van der Waals surface area contributed by atoms with E-state index in [0.29, 0.717) is 19.6 Å². The van der Waals surface area contributed by atoms with Crippen LogP contribution in [0.15, 0.2) is 54.6 Å². The van der Waals surface area contributed by atoms with E-state index in [1.165, 1.54) is 18.2 Å². The van der Waals surface area contributed by atoms with E-state index in [1.807, 2.05) is 31.2 Å². The number of benzene rings is 3. The fraction of sp³-hybridized carbons (Fsp3) is 0.286. The van der Waals surface area contributed by atoms with Gasteiger partial charge in [0.15, 0.2) is 5.90 Å². The predicted molar refractivity (Wildman–Crippen MR) is 138 cm³/mol. The minimum absolute atomic E-state index is 0.164. The van der Waals surface area contributed by atoms with Gasteiger partial charge in [-0.3, -0.25) is 9.98 Å². The van der Waals surface area contributed by atoms with Crippen LogP contribution in [0.2, 0.25) is 0 Å². The first-order valence-corrected chi connectivity index (χ1v) is 11.7. The summed E-state index contributed by atoms with van der Waals surface area (Å²) in [6.07, 6.45) is 0.552. The molecule has 0 saturated carbocycles. The lowest BCUT2D eigenvalue weighted by molar-refractivity contribution is 0.321. The van der Waals surface area contributed by atoms with Gasteiger partial charge in [-0.25, -0.2) is 4.98 Å². The van der Waals surface area contributed by atoms with E-state index in [9.17, 15) is 0 Å². The number of hydrogen-bond donors (Lipinski definition) is 2. The quantitative estimate of drug-likeness (QED) is 0.265. The normalized spacial score (nSPS) is 14.5. The maximum absolute atomic E-state index is 7.81. The van der Waals surface area contributed by atoms with Crippen molar-refractivity contribution < 1.29 is 14.2 Å². The van der Waals surface area contributed by atoms with Crippen LogP contribution >= 0.6 is 0 Å². The van der Waals surface area contributed by atoms with Crippen molar-refractivity contribution in [1.82, 2.24) is 9.55 Å². The summed E-state index contributed by atoms with van der Waals surface area (Å²) in [7, 11) is 3.22. The van der Waals surface area contributed by atoms with E-state index in [2.05, 4.69) is 47.1 Å². The number of methoxy groups -OCH3 is 2. The second kappa shape index (κ2) is 9.33. The Morgan fingerprint density at radius 3 is 2.80 bits per heavy atom. The average molecular weight is 471 g/mol. The SMILES string of the molecule is COC(=N)CC1COc2cc(NCc3cccc(-n4c(C)nc5ccc(OC)cc54)c3C)ccc21. The first-order chi connectivity index (χ1) is 17.0. The van der Waals surface area contributed by atoms with Crippen molar-refractivity contribution in [3.05, 3.63) is 77.1 Å².